The monoisotopic (exact) mass is 254 g/mol. The highest BCUT2D eigenvalue weighted by Crippen LogP contribution is 2.51. The van der Waals surface area contributed by atoms with Crippen LogP contribution in [0.25, 0.3) is 0 Å². The number of aliphatic hydroxyl groups excluding tert-OH is 2. The molecule has 1 unspecified atom stereocenters. The van der Waals surface area contributed by atoms with Crippen LogP contribution in [-0.2, 0) is 13.6 Å². The molecule has 0 bridgehead atoms. The Kier molecular flexibility index (Phi) is 7.44. The van der Waals surface area contributed by atoms with E-state index < -0.39 is 13.7 Å². The second kappa shape index (κ2) is 7.41. The summed E-state index contributed by atoms with van der Waals surface area (Å²) in [6.45, 7) is 6.76. The third-order valence-electron chi connectivity index (χ3n) is 1.69. The summed E-state index contributed by atoms with van der Waals surface area (Å²) in [5.41, 5.74) is 0. The lowest BCUT2D eigenvalue weighted by Gasteiger charge is -2.23. The van der Waals surface area contributed by atoms with Gasteiger partial charge in [0, 0.05) is 0 Å². The summed E-state index contributed by atoms with van der Waals surface area (Å²) in [6.07, 6.45) is -0.954. The first kappa shape index (κ1) is 16.1. The minimum atomic E-state index is -3.17. The van der Waals surface area contributed by atoms with Crippen molar-refractivity contribution in [1.29, 1.82) is 0 Å². The topological polar surface area (TPSA) is 76.0 Å². The van der Waals surface area contributed by atoms with E-state index in [1.807, 2.05) is 0 Å². The Morgan fingerprint density at radius 2 is 1.56 bits per heavy atom. The molecule has 2 N–H and O–H groups in total. The van der Waals surface area contributed by atoms with Gasteiger partial charge < -0.3 is 19.3 Å². The van der Waals surface area contributed by atoms with E-state index in [-0.39, 0.29) is 31.4 Å². The lowest BCUT2D eigenvalue weighted by Crippen LogP contribution is -2.17. The van der Waals surface area contributed by atoms with Crippen molar-refractivity contribution >= 4 is 7.60 Å². The van der Waals surface area contributed by atoms with Crippen molar-refractivity contribution < 1.29 is 23.8 Å². The summed E-state index contributed by atoms with van der Waals surface area (Å²) in [5.74, 6) is 0. The molecule has 0 aromatic heterocycles. The van der Waals surface area contributed by atoms with Gasteiger partial charge in [0.15, 0.2) is 0 Å². The van der Waals surface area contributed by atoms with Crippen LogP contribution >= 0.6 is 7.60 Å². The zero-order valence-electron chi connectivity index (χ0n) is 10.4. The van der Waals surface area contributed by atoms with Gasteiger partial charge in [-0.1, -0.05) is 0 Å². The molecular formula is C10H23O5P. The molecule has 0 fully saturated rings. The zero-order chi connectivity index (χ0) is 12.8. The largest absolute Gasteiger partial charge is 0.394 e. The number of rotatable bonds is 8. The number of hydrogen-bond donors (Lipinski definition) is 2. The molecular weight excluding hydrogens is 231 g/mol. The highest BCUT2D eigenvalue weighted by Gasteiger charge is 2.28. The lowest BCUT2D eigenvalue weighted by atomic mass is 10.3. The van der Waals surface area contributed by atoms with Crippen LogP contribution in [0.3, 0.4) is 0 Å². The molecule has 0 aromatic carbocycles. The Morgan fingerprint density at radius 3 is 1.88 bits per heavy atom. The van der Waals surface area contributed by atoms with Crippen LogP contribution in [0.1, 0.15) is 34.1 Å². The quantitative estimate of drug-likeness (QED) is 0.646. The normalized spacial score (nSPS) is 14.8. The second-order valence-electron chi connectivity index (χ2n) is 4.27. The van der Waals surface area contributed by atoms with Gasteiger partial charge in [0.25, 0.3) is 0 Å². The van der Waals surface area contributed by atoms with E-state index in [0.717, 1.165) is 0 Å². The zero-order valence-corrected chi connectivity index (χ0v) is 11.3. The number of hydrogen-bond acceptors (Lipinski definition) is 5. The van der Waals surface area contributed by atoms with Crippen molar-refractivity contribution in [1.82, 2.24) is 0 Å². The first-order chi connectivity index (χ1) is 7.29. The highest BCUT2D eigenvalue weighted by molar-refractivity contribution is 7.53. The molecule has 6 heteroatoms. The van der Waals surface area contributed by atoms with Crippen LogP contribution in [0.4, 0.5) is 0 Å². The molecule has 0 spiro atoms. The molecule has 1 atom stereocenters. The van der Waals surface area contributed by atoms with Crippen LogP contribution in [0, 0.1) is 0 Å². The summed E-state index contributed by atoms with van der Waals surface area (Å²) < 4.78 is 22.8. The fourth-order valence-electron chi connectivity index (χ4n) is 1.17. The van der Waals surface area contributed by atoms with Gasteiger partial charge in [-0.2, -0.15) is 0 Å². The van der Waals surface area contributed by atoms with Crippen LogP contribution in [0.15, 0.2) is 0 Å². The highest BCUT2D eigenvalue weighted by atomic mass is 31.2. The molecule has 0 aromatic rings. The second-order valence-corrected chi connectivity index (χ2v) is 6.36. The van der Waals surface area contributed by atoms with Crippen LogP contribution in [0.5, 0.6) is 0 Å². The van der Waals surface area contributed by atoms with Crippen molar-refractivity contribution in [3.63, 3.8) is 0 Å². The summed E-state index contributed by atoms with van der Waals surface area (Å²) in [7, 11) is -3.17. The first-order valence-electron chi connectivity index (χ1n) is 5.54. The predicted octanol–water partition coefficient (Wildman–Crippen LogP) is 1.77. The average molecular weight is 254 g/mol. The maximum Gasteiger partial charge on any atom is 0.331 e. The van der Waals surface area contributed by atoms with E-state index in [1.165, 1.54) is 0 Å². The molecule has 0 radical (unpaired) electrons. The summed E-state index contributed by atoms with van der Waals surface area (Å²) in [6, 6.07) is 0. The molecule has 98 valence electrons. The Labute approximate surface area is 97.3 Å². The molecule has 0 aliphatic carbocycles. The van der Waals surface area contributed by atoms with Crippen LogP contribution in [0.2, 0.25) is 0 Å². The van der Waals surface area contributed by atoms with Crippen LogP contribution in [-0.4, -0.2) is 41.3 Å². The van der Waals surface area contributed by atoms with E-state index in [9.17, 15) is 9.67 Å². The Balaban J connectivity index is 4.36. The van der Waals surface area contributed by atoms with E-state index in [1.54, 1.807) is 27.7 Å². The van der Waals surface area contributed by atoms with E-state index >= 15 is 0 Å². The number of aliphatic hydroxyl groups is 2. The van der Waals surface area contributed by atoms with Crippen molar-refractivity contribution in [3.05, 3.63) is 0 Å². The van der Waals surface area contributed by atoms with E-state index in [0.29, 0.717) is 0 Å². The third kappa shape index (κ3) is 7.36. The summed E-state index contributed by atoms with van der Waals surface area (Å²) in [5, 5.41) is 17.9. The summed E-state index contributed by atoms with van der Waals surface area (Å²) >= 11 is 0. The fourth-order valence-corrected chi connectivity index (χ4v) is 3.33. The molecule has 0 heterocycles. The van der Waals surface area contributed by atoms with Crippen molar-refractivity contribution in [2.24, 2.45) is 0 Å². The predicted molar refractivity (Wildman–Crippen MR) is 62.6 cm³/mol. The third-order valence-corrected chi connectivity index (χ3v) is 3.98. The Morgan fingerprint density at radius 1 is 1.12 bits per heavy atom. The van der Waals surface area contributed by atoms with Crippen molar-refractivity contribution in [2.75, 3.05) is 12.8 Å². The van der Waals surface area contributed by atoms with Crippen molar-refractivity contribution in [2.45, 2.75) is 52.4 Å². The molecule has 5 nitrogen and oxygen atoms in total. The maximum atomic E-state index is 12.2. The fraction of sp³-hybridized carbons (Fsp3) is 1.00. The first-order valence-corrected chi connectivity index (χ1v) is 7.26. The lowest BCUT2D eigenvalue weighted by molar-refractivity contribution is 0.0878. The molecule has 16 heavy (non-hydrogen) atoms. The van der Waals surface area contributed by atoms with Gasteiger partial charge in [-0.15, -0.1) is 0 Å². The van der Waals surface area contributed by atoms with E-state index in [2.05, 4.69) is 0 Å². The Hall–Kier alpha value is 0.0700. The van der Waals surface area contributed by atoms with Gasteiger partial charge >= 0.3 is 7.60 Å². The SMILES string of the molecule is CC(C)OP(=O)(CCC(O)CO)OC(C)C. The van der Waals surface area contributed by atoms with Gasteiger partial charge in [0.2, 0.25) is 0 Å². The molecule has 0 aliphatic rings. The Bertz CT molecular complexity index is 215. The van der Waals surface area contributed by atoms with Crippen molar-refractivity contribution in [3.8, 4) is 0 Å². The van der Waals surface area contributed by atoms with Gasteiger partial charge in [0.1, 0.15) is 0 Å². The molecule has 0 saturated heterocycles. The van der Waals surface area contributed by atoms with Gasteiger partial charge in [-0.25, -0.2) is 0 Å². The molecule has 0 amide bonds. The molecule has 0 saturated carbocycles. The molecule has 0 aliphatic heterocycles. The van der Waals surface area contributed by atoms with Crippen LogP contribution < -0.4 is 0 Å². The maximum absolute atomic E-state index is 12.2. The smallest absolute Gasteiger partial charge is 0.331 e. The minimum absolute atomic E-state index is 0.116. The average Bonchev–Trinajstić information content (AvgIpc) is 2.11. The summed E-state index contributed by atoms with van der Waals surface area (Å²) in [4.78, 5) is 0. The molecule has 0 rings (SSSR count). The van der Waals surface area contributed by atoms with E-state index in [4.69, 9.17) is 14.2 Å². The van der Waals surface area contributed by atoms with Gasteiger partial charge in [0.05, 0.1) is 31.1 Å². The van der Waals surface area contributed by atoms with Gasteiger partial charge in [-0.3, -0.25) is 4.57 Å². The van der Waals surface area contributed by atoms with Gasteiger partial charge in [-0.05, 0) is 34.1 Å². The standard InChI is InChI=1S/C10H23O5P/c1-8(2)14-16(13,15-9(3)4)6-5-10(12)7-11/h8-12H,5-7H2,1-4H3. The minimum Gasteiger partial charge on any atom is -0.394 e.